The van der Waals surface area contributed by atoms with Gasteiger partial charge < -0.3 is 10.4 Å². The van der Waals surface area contributed by atoms with Crippen molar-refractivity contribution in [2.45, 2.75) is 6.54 Å². The van der Waals surface area contributed by atoms with Crippen LogP contribution in [0.3, 0.4) is 0 Å². The Bertz CT molecular complexity index is 487. The van der Waals surface area contributed by atoms with Gasteiger partial charge in [-0.05, 0) is 23.8 Å². The highest BCUT2D eigenvalue weighted by molar-refractivity contribution is 6.31. The third-order valence-corrected chi connectivity index (χ3v) is 2.63. The molecule has 0 amide bonds. The summed E-state index contributed by atoms with van der Waals surface area (Å²) in [4.78, 5) is 4.27. The molecule has 0 aliphatic rings. The summed E-state index contributed by atoms with van der Waals surface area (Å²) < 4.78 is 0. The van der Waals surface area contributed by atoms with Gasteiger partial charge in [0.05, 0.1) is 12.1 Å². The Kier molecular flexibility index (Phi) is 3.72. The minimum atomic E-state index is 0.148. The Morgan fingerprint density at radius 3 is 3.00 bits per heavy atom. The highest BCUT2D eigenvalue weighted by atomic mass is 35.5. The maximum Gasteiger partial charge on any atom is 0.0720 e. The van der Waals surface area contributed by atoms with E-state index in [0.717, 1.165) is 23.0 Å². The molecule has 4 heteroatoms. The largest absolute Gasteiger partial charge is 0.395 e. The van der Waals surface area contributed by atoms with Crippen molar-refractivity contribution in [3.8, 4) is 0 Å². The first-order chi connectivity index (χ1) is 7.81. The highest BCUT2D eigenvalue weighted by Gasteiger charge is 2.01. The van der Waals surface area contributed by atoms with Gasteiger partial charge >= 0.3 is 0 Å². The van der Waals surface area contributed by atoms with E-state index in [9.17, 15) is 0 Å². The lowest BCUT2D eigenvalue weighted by Gasteiger charge is -2.06. The first-order valence-corrected chi connectivity index (χ1v) is 5.54. The van der Waals surface area contributed by atoms with Crippen LogP contribution in [-0.2, 0) is 6.54 Å². The molecule has 0 aliphatic heterocycles. The lowest BCUT2D eigenvalue weighted by atomic mass is 10.1. The molecule has 16 heavy (non-hydrogen) atoms. The second-order valence-electron chi connectivity index (χ2n) is 3.53. The number of pyridine rings is 1. The maximum absolute atomic E-state index is 8.70. The number of aromatic nitrogens is 1. The van der Waals surface area contributed by atoms with Crippen LogP contribution in [-0.4, -0.2) is 23.2 Å². The zero-order valence-electron chi connectivity index (χ0n) is 8.78. The van der Waals surface area contributed by atoms with Crippen LogP contribution in [0.15, 0.2) is 30.5 Å². The Balaban J connectivity index is 2.30. The zero-order chi connectivity index (χ0) is 11.4. The number of aliphatic hydroxyl groups is 1. The van der Waals surface area contributed by atoms with Crippen LogP contribution in [0.1, 0.15) is 5.56 Å². The third-order valence-electron chi connectivity index (χ3n) is 2.40. The van der Waals surface area contributed by atoms with Gasteiger partial charge in [0, 0.05) is 29.7 Å². The molecule has 3 nitrogen and oxygen atoms in total. The average Bonchev–Trinajstić information content (AvgIpc) is 2.29. The summed E-state index contributed by atoms with van der Waals surface area (Å²) in [5, 5.41) is 13.6. The van der Waals surface area contributed by atoms with E-state index in [4.69, 9.17) is 16.7 Å². The molecule has 0 fully saturated rings. The van der Waals surface area contributed by atoms with E-state index in [1.807, 2.05) is 24.3 Å². The van der Waals surface area contributed by atoms with Gasteiger partial charge in [-0.1, -0.05) is 17.7 Å². The third kappa shape index (κ3) is 2.50. The van der Waals surface area contributed by atoms with Crippen LogP contribution >= 0.6 is 11.6 Å². The summed E-state index contributed by atoms with van der Waals surface area (Å²) in [6.07, 6.45) is 1.77. The number of nitrogens with zero attached hydrogens (tertiary/aromatic N) is 1. The molecule has 0 saturated heterocycles. The molecule has 1 heterocycles. The Hall–Kier alpha value is -1.16. The van der Waals surface area contributed by atoms with Gasteiger partial charge in [-0.25, -0.2) is 0 Å². The van der Waals surface area contributed by atoms with Crippen molar-refractivity contribution >= 4 is 22.5 Å². The van der Waals surface area contributed by atoms with Crippen molar-refractivity contribution in [2.24, 2.45) is 0 Å². The van der Waals surface area contributed by atoms with E-state index in [0.29, 0.717) is 11.6 Å². The summed E-state index contributed by atoms with van der Waals surface area (Å²) in [6, 6.07) is 7.66. The molecule has 0 bridgehead atoms. The van der Waals surface area contributed by atoms with Crippen molar-refractivity contribution in [3.63, 3.8) is 0 Å². The number of rotatable bonds is 4. The molecule has 0 spiro atoms. The van der Waals surface area contributed by atoms with E-state index in [1.54, 1.807) is 6.20 Å². The number of aliphatic hydroxyl groups excluding tert-OH is 1. The molecule has 0 saturated carbocycles. The van der Waals surface area contributed by atoms with Gasteiger partial charge in [-0.2, -0.15) is 0 Å². The molecular formula is C12H13ClN2O. The topological polar surface area (TPSA) is 45.1 Å². The molecular weight excluding hydrogens is 224 g/mol. The minimum absolute atomic E-state index is 0.148. The standard InChI is InChI=1S/C12H13ClN2O/c13-10-1-2-11-9(8-14-5-6-16)3-4-15-12(11)7-10/h1-4,7,14,16H,5-6,8H2. The summed E-state index contributed by atoms with van der Waals surface area (Å²) in [7, 11) is 0. The number of hydrogen-bond acceptors (Lipinski definition) is 3. The van der Waals surface area contributed by atoms with Crippen molar-refractivity contribution in [3.05, 3.63) is 41.0 Å². The molecule has 2 aromatic rings. The number of hydrogen-bond donors (Lipinski definition) is 2. The van der Waals surface area contributed by atoms with Gasteiger partial charge in [-0.3, -0.25) is 4.98 Å². The van der Waals surface area contributed by atoms with Gasteiger partial charge in [0.2, 0.25) is 0 Å². The SMILES string of the molecule is OCCNCc1ccnc2cc(Cl)ccc12. The lowest BCUT2D eigenvalue weighted by Crippen LogP contribution is -2.17. The molecule has 1 aromatic heterocycles. The Morgan fingerprint density at radius 1 is 1.31 bits per heavy atom. The summed E-state index contributed by atoms with van der Waals surface area (Å²) in [5.41, 5.74) is 2.06. The van der Waals surface area contributed by atoms with Crippen LogP contribution in [0.25, 0.3) is 10.9 Å². The second-order valence-corrected chi connectivity index (χ2v) is 3.97. The smallest absolute Gasteiger partial charge is 0.0720 e. The van der Waals surface area contributed by atoms with Crippen LogP contribution in [0.5, 0.6) is 0 Å². The Labute approximate surface area is 99.1 Å². The summed E-state index contributed by atoms with van der Waals surface area (Å²) in [6.45, 7) is 1.47. The maximum atomic E-state index is 8.70. The van der Waals surface area contributed by atoms with E-state index < -0.39 is 0 Å². The quantitative estimate of drug-likeness (QED) is 0.798. The molecule has 2 N–H and O–H groups in total. The molecule has 0 unspecified atom stereocenters. The lowest BCUT2D eigenvalue weighted by molar-refractivity contribution is 0.292. The van der Waals surface area contributed by atoms with E-state index >= 15 is 0 Å². The Morgan fingerprint density at radius 2 is 2.19 bits per heavy atom. The second kappa shape index (κ2) is 5.25. The van der Waals surface area contributed by atoms with Crippen molar-refractivity contribution in [1.82, 2.24) is 10.3 Å². The normalized spacial score (nSPS) is 10.9. The van der Waals surface area contributed by atoms with Crippen LogP contribution in [0, 0.1) is 0 Å². The summed E-state index contributed by atoms with van der Waals surface area (Å²) >= 11 is 5.91. The van der Waals surface area contributed by atoms with Crippen molar-refractivity contribution in [1.29, 1.82) is 0 Å². The summed E-state index contributed by atoms with van der Waals surface area (Å²) in [5.74, 6) is 0. The predicted octanol–water partition coefficient (Wildman–Crippen LogP) is 1.97. The van der Waals surface area contributed by atoms with E-state index in [-0.39, 0.29) is 6.61 Å². The first kappa shape index (κ1) is 11.3. The predicted molar refractivity (Wildman–Crippen MR) is 65.5 cm³/mol. The number of benzene rings is 1. The highest BCUT2D eigenvalue weighted by Crippen LogP contribution is 2.20. The number of fused-ring (bicyclic) bond motifs is 1. The zero-order valence-corrected chi connectivity index (χ0v) is 9.54. The van der Waals surface area contributed by atoms with Gasteiger partial charge in [-0.15, -0.1) is 0 Å². The molecule has 2 rings (SSSR count). The van der Waals surface area contributed by atoms with Crippen molar-refractivity contribution in [2.75, 3.05) is 13.2 Å². The van der Waals surface area contributed by atoms with Gasteiger partial charge in [0.25, 0.3) is 0 Å². The molecule has 0 atom stereocenters. The molecule has 0 aliphatic carbocycles. The van der Waals surface area contributed by atoms with Crippen LogP contribution < -0.4 is 5.32 Å². The van der Waals surface area contributed by atoms with Gasteiger partial charge in [0.15, 0.2) is 0 Å². The van der Waals surface area contributed by atoms with Crippen LogP contribution in [0.4, 0.5) is 0 Å². The van der Waals surface area contributed by atoms with E-state index in [1.165, 1.54) is 0 Å². The van der Waals surface area contributed by atoms with Crippen molar-refractivity contribution < 1.29 is 5.11 Å². The average molecular weight is 237 g/mol. The fourth-order valence-electron chi connectivity index (χ4n) is 1.64. The fraction of sp³-hybridized carbons (Fsp3) is 0.250. The molecule has 0 radical (unpaired) electrons. The molecule has 84 valence electrons. The van der Waals surface area contributed by atoms with Crippen LogP contribution in [0.2, 0.25) is 5.02 Å². The van der Waals surface area contributed by atoms with Gasteiger partial charge in [0.1, 0.15) is 0 Å². The number of halogens is 1. The van der Waals surface area contributed by atoms with E-state index in [2.05, 4.69) is 10.3 Å². The number of nitrogens with one attached hydrogen (secondary N) is 1. The molecule has 1 aromatic carbocycles. The first-order valence-electron chi connectivity index (χ1n) is 5.16. The minimum Gasteiger partial charge on any atom is -0.395 e. The fourth-order valence-corrected chi connectivity index (χ4v) is 1.80. The monoisotopic (exact) mass is 236 g/mol.